The minimum absolute atomic E-state index is 0.0692. The number of ether oxygens (including phenoxy) is 4. The van der Waals surface area contributed by atoms with Crippen LogP contribution in [-0.4, -0.2) is 94.6 Å². The normalized spacial score (nSPS) is 15.4. The summed E-state index contributed by atoms with van der Waals surface area (Å²) in [7, 11) is 1.56. The molecule has 2 amide bonds. The number of hydrogen-bond acceptors (Lipinski definition) is 14. The number of thioether (sulfide) groups is 1. The summed E-state index contributed by atoms with van der Waals surface area (Å²) in [6.07, 6.45) is -0.761. The van der Waals surface area contributed by atoms with E-state index < -0.39 is 46.8 Å². The second-order valence-corrected chi connectivity index (χ2v) is 19.3. The number of hydrogen-bond donors (Lipinski definition) is 3. The zero-order valence-electron chi connectivity index (χ0n) is 40.4. The van der Waals surface area contributed by atoms with Crippen molar-refractivity contribution < 1.29 is 48.1 Å². The minimum Gasteiger partial charge on any atom is -0.477 e. The van der Waals surface area contributed by atoms with Crippen molar-refractivity contribution in [2.45, 2.75) is 29.7 Å². The molecule has 0 bridgehead atoms. The van der Waals surface area contributed by atoms with Crippen molar-refractivity contribution in [3.05, 3.63) is 231 Å². The zero-order chi connectivity index (χ0) is 52.2. The van der Waals surface area contributed by atoms with Gasteiger partial charge in [0.15, 0.2) is 23.7 Å². The highest BCUT2D eigenvalue weighted by Crippen LogP contribution is 2.42. The zero-order valence-corrected chi connectivity index (χ0v) is 42.8. The first kappa shape index (κ1) is 52.1. The van der Waals surface area contributed by atoms with Gasteiger partial charge in [-0.05, 0) is 51.1 Å². The maximum atomic E-state index is 14.6. The summed E-state index contributed by atoms with van der Waals surface area (Å²) in [6.45, 7) is 0.165. The van der Waals surface area contributed by atoms with Crippen molar-refractivity contribution in [2.24, 2.45) is 5.16 Å². The van der Waals surface area contributed by atoms with E-state index in [1.165, 1.54) is 23.1 Å². The van der Waals surface area contributed by atoms with Gasteiger partial charge < -0.3 is 39.5 Å². The van der Waals surface area contributed by atoms with Crippen molar-refractivity contribution in [3.63, 3.8) is 0 Å². The van der Waals surface area contributed by atoms with Crippen LogP contribution in [-0.2, 0) is 45.6 Å². The van der Waals surface area contributed by atoms with Crippen LogP contribution in [0.25, 0.3) is 0 Å². The van der Waals surface area contributed by atoms with E-state index in [9.17, 15) is 24.3 Å². The highest BCUT2D eigenvalue weighted by molar-refractivity contribution is 8.00. The van der Waals surface area contributed by atoms with Crippen LogP contribution in [0.5, 0.6) is 5.75 Å². The van der Waals surface area contributed by atoms with Gasteiger partial charge in [0, 0.05) is 24.1 Å². The summed E-state index contributed by atoms with van der Waals surface area (Å²) in [5, 5.41) is 22.3. The number of anilines is 1. The number of methoxy groups -OCH3 is 1. The number of esters is 1. The van der Waals surface area contributed by atoms with E-state index in [4.69, 9.17) is 40.4 Å². The van der Waals surface area contributed by atoms with Gasteiger partial charge in [-0.1, -0.05) is 163 Å². The first-order chi connectivity index (χ1) is 36.7. The van der Waals surface area contributed by atoms with E-state index >= 15 is 0 Å². The number of amides is 2. The molecule has 75 heavy (non-hydrogen) atoms. The largest absolute Gasteiger partial charge is 0.477 e. The van der Waals surface area contributed by atoms with E-state index in [0.717, 1.165) is 32.7 Å². The summed E-state index contributed by atoms with van der Waals surface area (Å²) >= 11 is 8.61. The number of thiazole rings is 1. The Morgan fingerprint density at radius 3 is 1.97 bits per heavy atom. The summed E-state index contributed by atoms with van der Waals surface area (Å²) in [5.41, 5.74) is 3.91. The molecule has 9 rings (SSSR count). The third-order valence-electron chi connectivity index (χ3n) is 12.4. The van der Waals surface area contributed by atoms with Gasteiger partial charge >= 0.3 is 11.9 Å². The van der Waals surface area contributed by atoms with Gasteiger partial charge in [-0.2, -0.15) is 0 Å². The van der Waals surface area contributed by atoms with Gasteiger partial charge in [-0.25, -0.2) is 14.6 Å². The molecule has 2 aliphatic rings. The van der Waals surface area contributed by atoms with Gasteiger partial charge in [0.25, 0.3) is 11.8 Å². The van der Waals surface area contributed by atoms with E-state index in [2.05, 4.69) is 15.8 Å². The van der Waals surface area contributed by atoms with Gasteiger partial charge in [0.2, 0.25) is 0 Å². The third-order valence-corrected chi connectivity index (χ3v) is 14.8. The standard InChI is InChI=1S/C57H50ClN5O10S2/c1-69-29-30-70-36-71-46-28-27-37(31-44(46)55(68)73-50(38-17-7-2-8-18-38)39-19-9-3-10-20-39)33-72-62-47(51(64)60-48-52(65)63-49(54(66)67)40(32-58)34-74-53(48)63)45-35-75-56(59-45)61-57(41-21-11-4-12-22-41,42-23-13-5-14-24-42)43-25-15-6-16-26-43/h2-28,31,35,48,50,53H,29-30,32-34,36H2,1H3,(H,59,61)(H,60,64)(H,66,67)/t48-,53+/m1/s1. The van der Waals surface area contributed by atoms with Crippen LogP contribution in [0.15, 0.2) is 192 Å². The average molecular weight is 1060 g/mol. The SMILES string of the molecule is COCCOCOc1ccc(CON=C(C(=O)N[C@@H]2C(=O)N3C(C(=O)O)=C(CCl)CS[C@@H]23)c2csc(NC(c3ccccc3)(c3ccccc3)c3ccccc3)n2)cc1C(=O)OC(c1ccccc1)c1ccccc1. The highest BCUT2D eigenvalue weighted by Gasteiger charge is 2.54. The Morgan fingerprint density at radius 2 is 1.41 bits per heavy atom. The first-order valence-corrected chi connectivity index (χ1v) is 26.2. The summed E-state index contributed by atoms with van der Waals surface area (Å²) in [5.74, 6) is -3.03. The number of carboxylic acid groups (broad SMARTS) is 1. The molecule has 3 heterocycles. The molecule has 18 heteroatoms. The van der Waals surface area contributed by atoms with Crippen LogP contribution in [0.1, 0.15) is 55.5 Å². The molecule has 0 radical (unpaired) electrons. The molecule has 0 saturated carbocycles. The predicted molar refractivity (Wildman–Crippen MR) is 287 cm³/mol. The first-order valence-electron chi connectivity index (χ1n) is 23.7. The number of rotatable bonds is 23. The maximum absolute atomic E-state index is 14.6. The number of aromatic nitrogens is 1. The lowest BCUT2D eigenvalue weighted by molar-refractivity contribution is -0.150. The van der Waals surface area contributed by atoms with E-state index in [0.29, 0.717) is 22.9 Å². The van der Waals surface area contributed by atoms with Crippen LogP contribution in [0.4, 0.5) is 5.13 Å². The van der Waals surface area contributed by atoms with E-state index in [1.807, 2.05) is 152 Å². The van der Waals surface area contributed by atoms with Crippen LogP contribution in [0, 0.1) is 0 Å². The van der Waals surface area contributed by atoms with Crippen molar-refractivity contribution in [2.75, 3.05) is 44.1 Å². The fourth-order valence-electron chi connectivity index (χ4n) is 8.77. The molecular weight excluding hydrogens is 1010 g/mol. The Labute approximate surface area is 446 Å². The van der Waals surface area contributed by atoms with Crippen LogP contribution < -0.4 is 15.4 Å². The van der Waals surface area contributed by atoms with Gasteiger partial charge in [0.1, 0.15) is 46.3 Å². The van der Waals surface area contributed by atoms with Crippen LogP contribution in [0.3, 0.4) is 0 Å². The molecular formula is C57H50ClN5O10S2. The van der Waals surface area contributed by atoms with Crippen LogP contribution in [0.2, 0.25) is 0 Å². The lowest BCUT2D eigenvalue weighted by atomic mass is 9.77. The molecule has 0 unspecified atom stereocenters. The van der Waals surface area contributed by atoms with E-state index in [1.54, 1.807) is 30.7 Å². The molecule has 0 spiro atoms. The molecule has 1 aromatic heterocycles. The Morgan fingerprint density at radius 1 is 0.827 bits per heavy atom. The molecule has 2 atom stereocenters. The lowest BCUT2D eigenvalue weighted by Gasteiger charge is -2.49. The van der Waals surface area contributed by atoms with E-state index in [-0.39, 0.29) is 60.1 Å². The van der Waals surface area contributed by atoms with Crippen LogP contribution >= 0.6 is 34.7 Å². The number of fused-ring (bicyclic) bond motifs is 1. The second-order valence-electron chi connectivity index (χ2n) is 17.1. The lowest BCUT2D eigenvalue weighted by Crippen LogP contribution is -2.71. The number of carbonyl (C=O) groups excluding carboxylic acids is 3. The molecule has 0 aliphatic carbocycles. The number of halogens is 1. The molecule has 15 nitrogen and oxygen atoms in total. The molecule has 3 N–H and O–H groups in total. The summed E-state index contributed by atoms with van der Waals surface area (Å²) < 4.78 is 22.8. The number of carboxylic acids is 1. The maximum Gasteiger partial charge on any atom is 0.352 e. The van der Waals surface area contributed by atoms with Gasteiger partial charge in [-0.15, -0.1) is 34.7 Å². The fourth-order valence-corrected chi connectivity index (χ4v) is 11.2. The molecule has 1 fully saturated rings. The second kappa shape index (κ2) is 24.5. The fraction of sp³-hybridized carbons (Fsp3) is 0.193. The number of alkyl halides is 1. The molecule has 6 aromatic carbocycles. The number of nitrogens with one attached hydrogen (secondary N) is 2. The Bertz CT molecular complexity index is 3030. The Kier molecular flexibility index (Phi) is 17.0. The summed E-state index contributed by atoms with van der Waals surface area (Å²) in [4.78, 5) is 67.0. The monoisotopic (exact) mass is 1060 g/mol. The number of carbonyl (C=O) groups is 4. The Balaban J connectivity index is 1.04. The Hall–Kier alpha value is -7.80. The molecule has 1 saturated heterocycles. The molecule has 2 aliphatic heterocycles. The number of aliphatic carboxylic acids is 1. The van der Waals surface area contributed by atoms with Crippen molar-refractivity contribution >= 4 is 69.3 Å². The quantitative estimate of drug-likeness (QED) is 0.00805. The average Bonchev–Trinajstić information content (AvgIpc) is 3.93. The van der Waals surface area contributed by atoms with Gasteiger partial charge in [-0.3, -0.25) is 14.5 Å². The highest BCUT2D eigenvalue weighted by atomic mass is 35.5. The molecule has 7 aromatic rings. The smallest absolute Gasteiger partial charge is 0.352 e. The van der Waals surface area contributed by atoms with Gasteiger partial charge in [0.05, 0.1) is 13.2 Å². The predicted octanol–water partition coefficient (Wildman–Crippen LogP) is 9.39. The van der Waals surface area contributed by atoms with Crippen molar-refractivity contribution in [1.29, 1.82) is 0 Å². The minimum atomic E-state index is -1.29. The topological polar surface area (TPSA) is 187 Å². The number of nitrogens with zero attached hydrogens (tertiary/aromatic N) is 3. The molecule has 382 valence electrons. The number of oxime groups is 1. The number of β-lactam (4-membered cyclic amide) rings is 1. The number of benzene rings is 6. The third kappa shape index (κ3) is 11.6. The van der Waals surface area contributed by atoms with Crippen molar-refractivity contribution in [1.82, 2.24) is 15.2 Å². The van der Waals surface area contributed by atoms with Crippen molar-refractivity contribution in [3.8, 4) is 5.75 Å². The summed E-state index contributed by atoms with van der Waals surface area (Å²) in [6, 6.07) is 52.3.